The first-order valence-corrected chi connectivity index (χ1v) is 9.49. The van der Waals surface area contributed by atoms with Crippen LogP contribution in [-0.2, 0) is 16.8 Å². The van der Waals surface area contributed by atoms with Gasteiger partial charge in [-0.15, -0.1) is 19.0 Å². The van der Waals surface area contributed by atoms with Gasteiger partial charge in [-0.1, -0.05) is 12.1 Å². The lowest BCUT2D eigenvalue weighted by Crippen LogP contribution is -2.28. The van der Waals surface area contributed by atoms with Crippen LogP contribution in [0.15, 0.2) is 55.1 Å². The van der Waals surface area contributed by atoms with Crippen molar-refractivity contribution in [2.45, 2.75) is 12.8 Å². The quantitative estimate of drug-likeness (QED) is 0.633. The second-order valence-electron chi connectivity index (χ2n) is 5.92. The van der Waals surface area contributed by atoms with E-state index in [1.165, 1.54) is 36.9 Å². The third-order valence-corrected chi connectivity index (χ3v) is 4.26. The van der Waals surface area contributed by atoms with Crippen molar-refractivity contribution in [3.05, 3.63) is 60.7 Å². The molecule has 0 saturated heterocycles. The molecule has 0 spiro atoms. The zero-order chi connectivity index (χ0) is 20.6. The zero-order valence-electron chi connectivity index (χ0n) is 14.5. The van der Waals surface area contributed by atoms with Crippen LogP contribution in [0.4, 0.5) is 14.5 Å². The number of rotatable bonds is 6. The molecule has 0 aliphatic carbocycles. The highest BCUT2D eigenvalue weighted by Gasteiger charge is 2.43. The van der Waals surface area contributed by atoms with Gasteiger partial charge in [-0.25, -0.2) is 4.68 Å². The van der Waals surface area contributed by atoms with Crippen LogP contribution >= 0.6 is 0 Å². The standard InChI is InChI=1S/C16H13F2N5O5S/c17-16(18)26-14-6-3-12(7-15(14)27-16)23(22-9-20-21-10-22)8-11-1-4-13(5-2-11)28-29(19,24)25/h1-7,9-10H,8H2,(H2,19,24,25). The molecule has 4 rings (SSSR count). The first kappa shape index (κ1) is 18.9. The molecule has 2 aromatic carbocycles. The average molecular weight is 425 g/mol. The van der Waals surface area contributed by atoms with Crippen LogP contribution < -0.4 is 23.8 Å². The fourth-order valence-electron chi connectivity index (χ4n) is 2.68. The Labute approximate surface area is 163 Å². The van der Waals surface area contributed by atoms with Crippen LogP contribution in [0, 0.1) is 0 Å². The van der Waals surface area contributed by atoms with Gasteiger partial charge in [-0.2, -0.15) is 13.6 Å². The molecule has 10 nitrogen and oxygen atoms in total. The fraction of sp³-hybridized carbons (Fsp3) is 0.125. The van der Waals surface area contributed by atoms with E-state index in [2.05, 4.69) is 23.9 Å². The van der Waals surface area contributed by atoms with E-state index in [1.807, 2.05) is 0 Å². The summed E-state index contributed by atoms with van der Waals surface area (Å²) in [7, 11) is -4.12. The Bertz CT molecular complexity index is 1120. The molecule has 0 fully saturated rings. The van der Waals surface area contributed by atoms with Crippen LogP contribution in [-0.4, -0.2) is 29.6 Å². The Kier molecular flexibility index (Phi) is 4.47. The molecule has 1 aliphatic heterocycles. The monoisotopic (exact) mass is 425 g/mol. The number of benzene rings is 2. The SMILES string of the molecule is NS(=O)(=O)Oc1ccc(CN(c2ccc3c(c2)OC(F)(F)O3)n2cnnc2)cc1. The van der Waals surface area contributed by atoms with Gasteiger partial charge in [0.2, 0.25) is 0 Å². The smallest absolute Gasteiger partial charge is 0.395 e. The van der Waals surface area contributed by atoms with Crippen molar-refractivity contribution in [1.29, 1.82) is 0 Å². The molecule has 2 N–H and O–H groups in total. The maximum absolute atomic E-state index is 13.3. The maximum Gasteiger partial charge on any atom is 0.586 e. The van der Waals surface area contributed by atoms with Crippen molar-refractivity contribution in [2.75, 3.05) is 5.01 Å². The zero-order valence-corrected chi connectivity index (χ0v) is 15.3. The number of nitrogens with zero attached hydrogens (tertiary/aromatic N) is 4. The predicted octanol–water partition coefficient (Wildman–Crippen LogP) is 1.65. The number of alkyl halides is 2. The minimum Gasteiger partial charge on any atom is -0.395 e. The van der Waals surface area contributed by atoms with Gasteiger partial charge in [0, 0.05) is 6.07 Å². The van der Waals surface area contributed by atoms with E-state index in [4.69, 9.17) is 5.14 Å². The van der Waals surface area contributed by atoms with Gasteiger partial charge in [0.05, 0.1) is 12.2 Å². The summed E-state index contributed by atoms with van der Waals surface area (Å²) in [4.78, 5) is 0. The third-order valence-electron chi connectivity index (χ3n) is 3.84. The second kappa shape index (κ2) is 6.86. The number of nitrogens with two attached hydrogens (primary N) is 1. The van der Waals surface area contributed by atoms with Crippen molar-refractivity contribution in [2.24, 2.45) is 5.14 Å². The molecular formula is C16H13F2N5O5S. The minimum absolute atomic E-state index is 0.0532. The van der Waals surface area contributed by atoms with Gasteiger partial charge in [-0.05, 0) is 29.8 Å². The van der Waals surface area contributed by atoms with Crippen LogP contribution in [0.1, 0.15) is 5.56 Å². The number of anilines is 1. The van der Waals surface area contributed by atoms with E-state index in [1.54, 1.807) is 27.9 Å². The van der Waals surface area contributed by atoms with Crippen LogP contribution in [0.25, 0.3) is 0 Å². The van der Waals surface area contributed by atoms with Gasteiger partial charge in [-0.3, -0.25) is 5.01 Å². The minimum atomic E-state index is -4.12. The molecule has 1 aliphatic rings. The van der Waals surface area contributed by atoms with Gasteiger partial charge >= 0.3 is 16.6 Å². The van der Waals surface area contributed by atoms with E-state index < -0.39 is 16.6 Å². The summed E-state index contributed by atoms with van der Waals surface area (Å²) in [6, 6.07) is 10.5. The molecule has 0 bridgehead atoms. The molecule has 0 atom stereocenters. The average Bonchev–Trinajstić information content (AvgIpc) is 3.25. The lowest BCUT2D eigenvalue weighted by molar-refractivity contribution is -0.286. The molecule has 1 aromatic heterocycles. The summed E-state index contributed by atoms with van der Waals surface area (Å²) in [5, 5.41) is 14.0. The lowest BCUT2D eigenvalue weighted by atomic mass is 10.2. The number of aromatic nitrogens is 3. The Morgan fingerprint density at radius 2 is 1.72 bits per heavy atom. The Morgan fingerprint density at radius 3 is 2.38 bits per heavy atom. The highest BCUT2D eigenvalue weighted by atomic mass is 32.2. The third kappa shape index (κ3) is 4.35. The van der Waals surface area contributed by atoms with Crippen LogP contribution in [0.5, 0.6) is 17.2 Å². The second-order valence-corrected chi connectivity index (χ2v) is 7.07. The van der Waals surface area contributed by atoms with E-state index in [0.29, 0.717) is 5.69 Å². The van der Waals surface area contributed by atoms with Crippen LogP contribution in [0.3, 0.4) is 0 Å². The Morgan fingerprint density at radius 1 is 1.07 bits per heavy atom. The van der Waals surface area contributed by atoms with Crippen molar-refractivity contribution in [3.63, 3.8) is 0 Å². The molecule has 29 heavy (non-hydrogen) atoms. The van der Waals surface area contributed by atoms with Crippen LogP contribution in [0.2, 0.25) is 0 Å². The van der Waals surface area contributed by atoms with Gasteiger partial charge in [0.15, 0.2) is 11.5 Å². The summed E-state index contributed by atoms with van der Waals surface area (Å²) < 4.78 is 63.7. The van der Waals surface area contributed by atoms with E-state index in [0.717, 1.165) is 5.56 Å². The fourth-order valence-corrected chi connectivity index (χ4v) is 3.06. The topological polar surface area (TPSA) is 122 Å². The number of ether oxygens (including phenoxy) is 2. The van der Waals surface area contributed by atoms with E-state index in [9.17, 15) is 17.2 Å². The molecule has 152 valence electrons. The summed E-state index contributed by atoms with van der Waals surface area (Å²) in [5.74, 6) is -0.133. The summed E-state index contributed by atoms with van der Waals surface area (Å²) in [6.07, 6.45) is -0.864. The van der Waals surface area contributed by atoms with Crippen molar-refractivity contribution >= 4 is 16.0 Å². The molecule has 2 heterocycles. The number of hydrogen-bond acceptors (Lipinski definition) is 8. The summed E-state index contributed by atoms with van der Waals surface area (Å²) >= 11 is 0. The molecule has 13 heteroatoms. The highest BCUT2D eigenvalue weighted by molar-refractivity contribution is 7.84. The number of hydrogen-bond donors (Lipinski definition) is 1. The predicted molar refractivity (Wildman–Crippen MR) is 94.4 cm³/mol. The van der Waals surface area contributed by atoms with Crippen molar-refractivity contribution in [1.82, 2.24) is 14.9 Å². The van der Waals surface area contributed by atoms with Gasteiger partial charge in [0.25, 0.3) is 0 Å². The first-order chi connectivity index (χ1) is 13.7. The van der Waals surface area contributed by atoms with Gasteiger partial charge in [0.1, 0.15) is 18.4 Å². The normalized spacial score (nSPS) is 14.6. The Hall–Kier alpha value is -3.45. The summed E-state index contributed by atoms with van der Waals surface area (Å²) in [6.45, 7) is 0.254. The highest BCUT2D eigenvalue weighted by Crippen LogP contribution is 2.43. The lowest BCUT2D eigenvalue weighted by Gasteiger charge is -2.25. The van der Waals surface area contributed by atoms with E-state index in [-0.39, 0.29) is 23.8 Å². The van der Waals surface area contributed by atoms with E-state index >= 15 is 0 Å². The maximum atomic E-state index is 13.3. The van der Waals surface area contributed by atoms with Crippen molar-refractivity contribution in [3.8, 4) is 17.2 Å². The molecule has 0 saturated carbocycles. The van der Waals surface area contributed by atoms with Gasteiger partial charge < -0.3 is 13.7 Å². The molecule has 0 unspecified atom stereocenters. The largest absolute Gasteiger partial charge is 0.586 e. The molecular weight excluding hydrogens is 412 g/mol. The summed E-state index contributed by atoms with van der Waals surface area (Å²) in [5.41, 5.74) is 1.23. The molecule has 0 amide bonds. The first-order valence-electron chi connectivity index (χ1n) is 8.02. The molecule has 0 radical (unpaired) electrons. The number of fused-ring (bicyclic) bond motifs is 1. The van der Waals surface area contributed by atoms with Crippen molar-refractivity contribution < 1.29 is 30.9 Å². The number of halogens is 2. The Balaban J connectivity index is 1.61. The molecule has 3 aromatic rings.